The molecule has 0 saturated carbocycles. The van der Waals surface area contributed by atoms with Crippen molar-refractivity contribution < 1.29 is 17.9 Å². The Kier molecular flexibility index (Phi) is 7.07. The number of methoxy groups -OCH3 is 1. The third kappa shape index (κ3) is 5.81. The summed E-state index contributed by atoms with van der Waals surface area (Å²) in [6.07, 6.45) is 4.81. The first-order chi connectivity index (χ1) is 14.4. The van der Waals surface area contributed by atoms with Crippen LogP contribution in [0.15, 0.2) is 71.9 Å². The minimum Gasteiger partial charge on any atom is -0.495 e. The second kappa shape index (κ2) is 9.73. The summed E-state index contributed by atoms with van der Waals surface area (Å²) >= 11 is 5.93. The van der Waals surface area contributed by atoms with Crippen LogP contribution in [-0.4, -0.2) is 26.3 Å². The lowest BCUT2D eigenvalue weighted by Crippen LogP contribution is -2.14. The zero-order valence-corrected chi connectivity index (χ0v) is 17.9. The number of aryl methyl sites for hydroxylation is 1. The predicted molar refractivity (Wildman–Crippen MR) is 117 cm³/mol. The van der Waals surface area contributed by atoms with E-state index in [1.54, 1.807) is 42.7 Å². The van der Waals surface area contributed by atoms with E-state index in [0.29, 0.717) is 18.5 Å². The number of ketones is 1. The second-order valence-electron chi connectivity index (χ2n) is 6.67. The molecule has 0 spiro atoms. The van der Waals surface area contributed by atoms with Gasteiger partial charge in [-0.3, -0.25) is 14.5 Å². The summed E-state index contributed by atoms with van der Waals surface area (Å²) < 4.78 is 33.0. The molecule has 3 aromatic rings. The third-order valence-corrected chi connectivity index (χ3v) is 6.08. The van der Waals surface area contributed by atoms with Crippen molar-refractivity contribution in [2.24, 2.45) is 0 Å². The number of nitrogens with one attached hydrogen (secondary N) is 1. The van der Waals surface area contributed by atoms with Crippen LogP contribution in [0.3, 0.4) is 0 Å². The van der Waals surface area contributed by atoms with Gasteiger partial charge in [-0.1, -0.05) is 29.8 Å². The molecule has 1 aromatic heterocycles. The van der Waals surface area contributed by atoms with Crippen LogP contribution in [0, 0.1) is 0 Å². The van der Waals surface area contributed by atoms with Crippen LogP contribution >= 0.6 is 11.6 Å². The number of benzene rings is 2. The van der Waals surface area contributed by atoms with Gasteiger partial charge < -0.3 is 4.74 Å². The van der Waals surface area contributed by atoms with Gasteiger partial charge in [-0.15, -0.1) is 0 Å². The van der Waals surface area contributed by atoms with E-state index in [-0.39, 0.29) is 27.9 Å². The molecule has 0 fully saturated rings. The molecule has 3 rings (SSSR count). The SMILES string of the molecule is COc1ccc(Cl)cc1S(=O)(=O)Nc1ccc(CC(=O)CCc2cccnc2)cc1. The number of anilines is 1. The molecule has 0 radical (unpaired) electrons. The molecule has 0 aliphatic carbocycles. The van der Waals surface area contributed by atoms with E-state index >= 15 is 0 Å². The summed E-state index contributed by atoms with van der Waals surface area (Å²) in [5.74, 6) is 0.304. The highest BCUT2D eigenvalue weighted by Gasteiger charge is 2.20. The number of aromatic nitrogens is 1. The molecule has 0 saturated heterocycles. The monoisotopic (exact) mass is 444 g/mol. The molecule has 156 valence electrons. The second-order valence-corrected chi connectivity index (χ2v) is 8.76. The summed E-state index contributed by atoms with van der Waals surface area (Å²) in [7, 11) is -2.49. The molecule has 0 atom stereocenters. The zero-order valence-electron chi connectivity index (χ0n) is 16.3. The van der Waals surface area contributed by atoms with Gasteiger partial charge in [0.1, 0.15) is 16.4 Å². The van der Waals surface area contributed by atoms with E-state index < -0.39 is 10.0 Å². The van der Waals surface area contributed by atoms with Crippen molar-refractivity contribution in [1.82, 2.24) is 4.98 Å². The molecule has 0 unspecified atom stereocenters. The summed E-state index contributed by atoms with van der Waals surface area (Å²) in [4.78, 5) is 16.2. The number of carbonyl (C=O) groups excluding carboxylic acids is 1. The molecule has 30 heavy (non-hydrogen) atoms. The number of hydrogen-bond donors (Lipinski definition) is 1. The Labute approximate surface area is 180 Å². The number of hydrogen-bond acceptors (Lipinski definition) is 5. The van der Waals surface area contributed by atoms with Crippen LogP contribution in [0.2, 0.25) is 5.02 Å². The smallest absolute Gasteiger partial charge is 0.265 e. The highest BCUT2D eigenvalue weighted by molar-refractivity contribution is 7.92. The summed E-state index contributed by atoms with van der Waals surface area (Å²) in [6, 6.07) is 14.9. The van der Waals surface area contributed by atoms with Gasteiger partial charge in [0.05, 0.1) is 7.11 Å². The molecule has 6 nitrogen and oxygen atoms in total. The largest absolute Gasteiger partial charge is 0.495 e. The van der Waals surface area contributed by atoms with Crippen LogP contribution in [0.4, 0.5) is 5.69 Å². The van der Waals surface area contributed by atoms with Crippen LogP contribution < -0.4 is 9.46 Å². The molecule has 0 aliphatic heterocycles. The number of nitrogens with zero attached hydrogens (tertiary/aromatic N) is 1. The van der Waals surface area contributed by atoms with Gasteiger partial charge in [-0.25, -0.2) is 8.42 Å². The molecule has 1 heterocycles. The summed E-state index contributed by atoms with van der Waals surface area (Å²) in [5, 5.41) is 0.288. The quantitative estimate of drug-likeness (QED) is 0.532. The van der Waals surface area contributed by atoms with Crippen molar-refractivity contribution in [2.75, 3.05) is 11.8 Å². The van der Waals surface area contributed by atoms with Crippen LogP contribution in [0.5, 0.6) is 5.75 Å². The fraction of sp³-hybridized carbons (Fsp3) is 0.182. The number of sulfonamides is 1. The Bertz CT molecular complexity index is 1120. The first kappa shape index (κ1) is 21.8. The lowest BCUT2D eigenvalue weighted by molar-refractivity contribution is -0.118. The Balaban J connectivity index is 1.63. The van der Waals surface area contributed by atoms with Gasteiger partial charge in [0, 0.05) is 35.9 Å². The predicted octanol–water partition coefficient (Wildman–Crippen LogP) is 4.29. The minimum atomic E-state index is -3.89. The van der Waals surface area contributed by atoms with Gasteiger partial charge in [-0.2, -0.15) is 0 Å². The van der Waals surface area contributed by atoms with E-state index in [1.807, 2.05) is 12.1 Å². The first-order valence-corrected chi connectivity index (χ1v) is 11.1. The highest BCUT2D eigenvalue weighted by atomic mass is 35.5. The van der Waals surface area contributed by atoms with Crippen molar-refractivity contribution in [2.45, 2.75) is 24.2 Å². The van der Waals surface area contributed by atoms with Crippen molar-refractivity contribution >= 4 is 33.1 Å². The molecule has 1 N–H and O–H groups in total. The van der Waals surface area contributed by atoms with E-state index in [0.717, 1.165) is 11.1 Å². The molecule has 8 heteroatoms. The standard InChI is InChI=1S/C22H21ClN2O4S/c1-29-21-11-7-18(23)14-22(21)30(27,28)25-19-8-4-16(5-9-19)13-20(26)10-6-17-3-2-12-24-15-17/h2-5,7-9,11-12,14-15,25H,6,10,13H2,1H3. The average molecular weight is 445 g/mol. The van der Waals surface area contributed by atoms with E-state index in [2.05, 4.69) is 9.71 Å². The minimum absolute atomic E-state index is 0.0489. The maximum Gasteiger partial charge on any atom is 0.265 e. The van der Waals surface area contributed by atoms with Gasteiger partial charge in [0.15, 0.2) is 0 Å². The molecular weight excluding hydrogens is 424 g/mol. The fourth-order valence-corrected chi connectivity index (χ4v) is 4.40. The lowest BCUT2D eigenvalue weighted by Gasteiger charge is -2.12. The van der Waals surface area contributed by atoms with Crippen molar-refractivity contribution in [3.05, 3.63) is 83.1 Å². The maximum absolute atomic E-state index is 12.7. The highest BCUT2D eigenvalue weighted by Crippen LogP contribution is 2.28. The van der Waals surface area contributed by atoms with E-state index in [1.165, 1.54) is 19.2 Å². The molecule has 0 amide bonds. The third-order valence-electron chi connectivity index (χ3n) is 4.44. The number of Topliss-reactive ketones (excluding diaryl/α,β-unsaturated/α-hetero) is 1. The number of rotatable bonds is 9. The summed E-state index contributed by atoms with van der Waals surface area (Å²) in [6.45, 7) is 0. The number of ether oxygens (including phenoxy) is 1. The average Bonchev–Trinajstić information content (AvgIpc) is 2.74. The van der Waals surface area contributed by atoms with Crippen LogP contribution in [0.25, 0.3) is 0 Å². The molecule has 0 bridgehead atoms. The van der Waals surface area contributed by atoms with Crippen molar-refractivity contribution in [3.8, 4) is 5.75 Å². The fourth-order valence-electron chi connectivity index (χ4n) is 2.91. The van der Waals surface area contributed by atoms with Gasteiger partial charge in [0.2, 0.25) is 0 Å². The van der Waals surface area contributed by atoms with Crippen molar-refractivity contribution in [1.29, 1.82) is 0 Å². The number of pyridine rings is 1. The van der Waals surface area contributed by atoms with Crippen LogP contribution in [-0.2, 0) is 27.7 Å². The van der Waals surface area contributed by atoms with Gasteiger partial charge >= 0.3 is 0 Å². The Morgan fingerprint density at radius 3 is 2.53 bits per heavy atom. The first-order valence-electron chi connectivity index (χ1n) is 9.23. The molecular formula is C22H21ClN2O4S. The Morgan fingerprint density at radius 2 is 1.87 bits per heavy atom. The lowest BCUT2D eigenvalue weighted by atomic mass is 10.0. The molecule has 0 aliphatic rings. The number of carbonyl (C=O) groups is 1. The van der Waals surface area contributed by atoms with Crippen molar-refractivity contribution in [3.63, 3.8) is 0 Å². The van der Waals surface area contributed by atoms with Crippen LogP contribution in [0.1, 0.15) is 17.5 Å². The topological polar surface area (TPSA) is 85.4 Å². The van der Waals surface area contributed by atoms with Gasteiger partial charge in [-0.05, 0) is 53.9 Å². The number of halogens is 1. The molecule has 2 aromatic carbocycles. The maximum atomic E-state index is 12.7. The zero-order chi connectivity index (χ0) is 21.6. The van der Waals surface area contributed by atoms with E-state index in [9.17, 15) is 13.2 Å². The van der Waals surface area contributed by atoms with Gasteiger partial charge in [0.25, 0.3) is 10.0 Å². The Morgan fingerprint density at radius 1 is 1.10 bits per heavy atom. The summed E-state index contributed by atoms with van der Waals surface area (Å²) in [5.41, 5.74) is 2.21. The Hall–Kier alpha value is -2.90. The van der Waals surface area contributed by atoms with E-state index in [4.69, 9.17) is 16.3 Å². The normalized spacial score (nSPS) is 11.1.